The fourth-order valence-electron chi connectivity index (χ4n) is 1.32. The molecule has 2 rings (SSSR count). The highest BCUT2D eigenvalue weighted by Crippen LogP contribution is 2.19. The molecule has 0 radical (unpaired) electrons. The first-order valence-corrected chi connectivity index (χ1v) is 5.72. The lowest BCUT2D eigenvalue weighted by molar-refractivity contribution is 0.102. The maximum atomic E-state index is 13.5. The Morgan fingerprint density at radius 2 is 2.00 bits per heavy atom. The first kappa shape index (κ1) is 12.6. The van der Waals surface area contributed by atoms with E-state index < -0.39 is 17.5 Å². The Morgan fingerprint density at radius 1 is 1.22 bits per heavy atom. The van der Waals surface area contributed by atoms with Crippen molar-refractivity contribution in [3.8, 4) is 0 Å². The van der Waals surface area contributed by atoms with E-state index >= 15 is 0 Å². The van der Waals surface area contributed by atoms with Crippen LogP contribution < -0.4 is 5.32 Å². The number of hydrogen-bond acceptors (Lipinski definition) is 2. The van der Waals surface area contributed by atoms with Crippen LogP contribution >= 0.6 is 15.9 Å². The van der Waals surface area contributed by atoms with Crippen LogP contribution in [0.2, 0.25) is 0 Å². The molecule has 3 nitrogen and oxygen atoms in total. The van der Waals surface area contributed by atoms with Gasteiger partial charge in [-0.3, -0.25) is 9.78 Å². The molecule has 0 bridgehead atoms. The minimum Gasteiger partial charge on any atom is -0.319 e. The summed E-state index contributed by atoms with van der Waals surface area (Å²) in [5.41, 5.74) is 0.0461. The van der Waals surface area contributed by atoms with Crippen molar-refractivity contribution >= 4 is 27.5 Å². The Labute approximate surface area is 110 Å². The number of halogens is 3. The number of amides is 1. The van der Waals surface area contributed by atoms with Crippen molar-refractivity contribution in [1.82, 2.24) is 4.98 Å². The van der Waals surface area contributed by atoms with Gasteiger partial charge in [0.05, 0.1) is 17.4 Å². The molecule has 1 N–H and O–H groups in total. The molecule has 1 aromatic carbocycles. The zero-order valence-electron chi connectivity index (χ0n) is 8.95. The van der Waals surface area contributed by atoms with E-state index in [1.54, 1.807) is 6.07 Å². The van der Waals surface area contributed by atoms with E-state index in [0.717, 1.165) is 12.3 Å². The van der Waals surface area contributed by atoms with Crippen molar-refractivity contribution in [3.05, 3.63) is 58.3 Å². The van der Waals surface area contributed by atoms with Crippen LogP contribution in [-0.2, 0) is 0 Å². The van der Waals surface area contributed by atoms with Gasteiger partial charge < -0.3 is 5.32 Å². The van der Waals surface area contributed by atoms with Gasteiger partial charge in [-0.1, -0.05) is 15.9 Å². The monoisotopic (exact) mass is 312 g/mol. The van der Waals surface area contributed by atoms with Crippen molar-refractivity contribution in [1.29, 1.82) is 0 Å². The number of anilines is 1. The van der Waals surface area contributed by atoms with Gasteiger partial charge >= 0.3 is 0 Å². The number of aromatic nitrogens is 1. The summed E-state index contributed by atoms with van der Waals surface area (Å²) >= 11 is 3.10. The van der Waals surface area contributed by atoms with Crippen LogP contribution in [0.3, 0.4) is 0 Å². The van der Waals surface area contributed by atoms with Crippen LogP contribution in [-0.4, -0.2) is 10.9 Å². The fraction of sp³-hybridized carbons (Fsp3) is 0. The molecule has 6 heteroatoms. The second kappa shape index (κ2) is 5.22. The molecule has 1 aromatic heterocycles. The number of nitrogens with one attached hydrogen (secondary N) is 1. The first-order valence-electron chi connectivity index (χ1n) is 4.93. The van der Waals surface area contributed by atoms with Crippen molar-refractivity contribution in [2.75, 3.05) is 5.32 Å². The van der Waals surface area contributed by atoms with Gasteiger partial charge in [-0.2, -0.15) is 0 Å². The number of pyridine rings is 1. The second-order valence-corrected chi connectivity index (χ2v) is 4.39. The molecule has 0 unspecified atom stereocenters. The van der Waals surface area contributed by atoms with Crippen molar-refractivity contribution < 1.29 is 13.6 Å². The maximum absolute atomic E-state index is 13.5. The van der Waals surface area contributed by atoms with Crippen LogP contribution in [0.25, 0.3) is 0 Å². The van der Waals surface area contributed by atoms with Crippen LogP contribution in [0.4, 0.5) is 14.5 Å². The molecule has 92 valence electrons. The van der Waals surface area contributed by atoms with E-state index in [9.17, 15) is 13.6 Å². The van der Waals surface area contributed by atoms with Gasteiger partial charge in [-0.25, -0.2) is 8.78 Å². The number of benzene rings is 1. The minimum absolute atomic E-state index is 0.0208. The summed E-state index contributed by atoms with van der Waals surface area (Å²) in [6.07, 6.45) is 2.19. The largest absolute Gasteiger partial charge is 0.319 e. The average Bonchev–Trinajstić information content (AvgIpc) is 2.32. The number of carbonyl (C=O) groups is 1. The molecule has 0 aliphatic carbocycles. The van der Waals surface area contributed by atoms with E-state index in [0.29, 0.717) is 4.47 Å². The molecule has 0 spiro atoms. The van der Waals surface area contributed by atoms with Gasteiger partial charge in [0.2, 0.25) is 0 Å². The third-order valence-electron chi connectivity index (χ3n) is 2.15. The van der Waals surface area contributed by atoms with Crippen LogP contribution in [0.1, 0.15) is 10.4 Å². The predicted octanol–water partition coefficient (Wildman–Crippen LogP) is 3.37. The third-order valence-corrected chi connectivity index (χ3v) is 2.64. The highest BCUT2D eigenvalue weighted by molar-refractivity contribution is 9.10. The van der Waals surface area contributed by atoms with Gasteiger partial charge in [0.15, 0.2) is 0 Å². The third kappa shape index (κ3) is 2.89. The molecular formula is C12H7BrF2N2O. The molecule has 1 heterocycles. The van der Waals surface area contributed by atoms with Crippen LogP contribution in [0.15, 0.2) is 41.1 Å². The lowest BCUT2D eigenvalue weighted by Crippen LogP contribution is -2.13. The van der Waals surface area contributed by atoms with Gasteiger partial charge in [0, 0.05) is 10.7 Å². The zero-order valence-corrected chi connectivity index (χ0v) is 10.5. The van der Waals surface area contributed by atoms with Crippen molar-refractivity contribution in [3.63, 3.8) is 0 Å². The Kier molecular flexibility index (Phi) is 3.66. The van der Waals surface area contributed by atoms with Crippen molar-refractivity contribution in [2.24, 2.45) is 0 Å². The van der Waals surface area contributed by atoms with E-state index in [-0.39, 0.29) is 11.3 Å². The zero-order chi connectivity index (χ0) is 13.1. The summed E-state index contributed by atoms with van der Waals surface area (Å²) in [4.78, 5) is 15.3. The SMILES string of the molecule is O=C(Nc1ccc(Br)cc1F)c1cncc(F)c1. The smallest absolute Gasteiger partial charge is 0.257 e. The number of rotatable bonds is 2. The summed E-state index contributed by atoms with van der Waals surface area (Å²) in [7, 11) is 0. The molecule has 0 atom stereocenters. The average molecular weight is 313 g/mol. The Morgan fingerprint density at radius 3 is 2.67 bits per heavy atom. The first-order chi connectivity index (χ1) is 8.56. The standard InChI is InChI=1S/C12H7BrF2N2O/c13-8-1-2-11(10(15)4-8)17-12(18)7-3-9(14)6-16-5-7/h1-6H,(H,17,18). The molecule has 0 saturated heterocycles. The molecule has 0 fully saturated rings. The van der Waals surface area contributed by atoms with E-state index in [1.807, 2.05) is 0 Å². The van der Waals surface area contributed by atoms with E-state index in [4.69, 9.17) is 0 Å². The summed E-state index contributed by atoms with van der Waals surface area (Å²) in [5.74, 6) is -1.83. The molecule has 2 aromatic rings. The molecule has 0 aliphatic rings. The quantitative estimate of drug-likeness (QED) is 0.923. The lowest BCUT2D eigenvalue weighted by Gasteiger charge is -2.06. The van der Waals surface area contributed by atoms with Crippen molar-refractivity contribution in [2.45, 2.75) is 0 Å². The Bertz CT molecular complexity index is 604. The van der Waals surface area contributed by atoms with E-state index in [2.05, 4.69) is 26.2 Å². The summed E-state index contributed by atoms with van der Waals surface area (Å²) in [6, 6.07) is 5.24. The van der Waals surface area contributed by atoms with Crippen LogP contribution in [0, 0.1) is 11.6 Å². The summed E-state index contributed by atoms with van der Waals surface area (Å²) < 4.78 is 26.9. The Balaban J connectivity index is 2.21. The van der Waals surface area contributed by atoms with Gasteiger partial charge in [0.25, 0.3) is 5.91 Å². The predicted molar refractivity (Wildman–Crippen MR) is 66.2 cm³/mol. The maximum Gasteiger partial charge on any atom is 0.257 e. The molecule has 0 aliphatic heterocycles. The summed E-state index contributed by atoms with van der Waals surface area (Å²) in [5, 5.41) is 2.34. The summed E-state index contributed by atoms with van der Waals surface area (Å²) in [6.45, 7) is 0. The lowest BCUT2D eigenvalue weighted by atomic mass is 10.2. The molecular weight excluding hydrogens is 306 g/mol. The normalized spacial score (nSPS) is 10.2. The molecule has 0 saturated carbocycles. The minimum atomic E-state index is -0.626. The number of hydrogen-bond donors (Lipinski definition) is 1. The topological polar surface area (TPSA) is 42.0 Å². The number of carbonyl (C=O) groups excluding carboxylic acids is 1. The van der Waals surface area contributed by atoms with Gasteiger partial charge in [-0.15, -0.1) is 0 Å². The van der Waals surface area contributed by atoms with Gasteiger partial charge in [0.1, 0.15) is 11.6 Å². The highest BCUT2D eigenvalue weighted by atomic mass is 79.9. The Hall–Kier alpha value is -1.82. The molecule has 1 amide bonds. The number of nitrogens with zero attached hydrogens (tertiary/aromatic N) is 1. The highest BCUT2D eigenvalue weighted by Gasteiger charge is 2.10. The molecule has 18 heavy (non-hydrogen) atoms. The fourth-order valence-corrected chi connectivity index (χ4v) is 1.65. The van der Waals surface area contributed by atoms with E-state index in [1.165, 1.54) is 18.3 Å². The second-order valence-electron chi connectivity index (χ2n) is 3.47. The van der Waals surface area contributed by atoms with Crippen LogP contribution in [0.5, 0.6) is 0 Å². The van der Waals surface area contributed by atoms with Gasteiger partial charge in [-0.05, 0) is 24.3 Å².